The van der Waals surface area contributed by atoms with Crippen molar-refractivity contribution in [3.8, 4) is 11.5 Å². The van der Waals surface area contributed by atoms with Crippen molar-refractivity contribution in [3.05, 3.63) is 71.5 Å². The molecule has 1 N–H and O–H groups in total. The molecule has 7 nitrogen and oxygen atoms in total. The summed E-state index contributed by atoms with van der Waals surface area (Å²) >= 11 is 1.72. The van der Waals surface area contributed by atoms with Crippen LogP contribution >= 0.6 is 11.3 Å². The molecule has 34 heavy (non-hydrogen) atoms. The predicted octanol–water partition coefficient (Wildman–Crippen LogP) is 3.31. The van der Waals surface area contributed by atoms with E-state index in [1.165, 1.54) is 4.88 Å². The van der Waals surface area contributed by atoms with Gasteiger partial charge < -0.3 is 24.2 Å². The van der Waals surface area contributed by atoms with Gasteiger partial charge in [0, 0.05) is 24.5 Å². The number of aliphatic hydroxyl groups is 1. The van der Waals surface area contributed by atoms with Crippen molar-refractivity contribution >= 4 is 17.2 Å². The molecule has 184 valence electrons. The smallest absolute Gasteiger partial charge is 0.237 e. The van der Waals surface area contributed by atoms with Gasteiger partial charge in [0.25, 0.3) is 0 Å². The van der Waals surface area contributed by atoms with E-state index in [1.54, 1.807) is 30.6 Å². The van der Waals surface area contributed by atoms with Crippen LogP contribution in [0.3, 0.4) is 0 Å². The Morgan fingerprint density at radius 2 is 2.03 bits per heavy atom. The Bertz CT molecular complexity index is 930. The third-order valence-electron chi connectivity index (χ3n) is 5.64. The second-order valence-corrected chi connectivity index (χ2v) is 9.10. The summed E-state index contributed by atoms with van der Waals surface area (Å²) in [5.74, 6) is 1.49. The first-order chi connectivity index (χ1) is 16.5. The number of amides is 1. The number of rotatable bonds is 14. The maximum Gasteiger partial charge on any atom is 0.237 e. The average Bonchev–Trinajstić information content (AvgIpc) is 3.32. The van der Waals surface area contributed by atoms with Gasteiger partial charge in [0.05, 0.1) is 39.0 Å². The Balaban J connectivity index is 1.67. The first kappa shape index (κ1) is 26.0. The minimum Gasteiger partial charge on any atom is -0.497 e. The van der Waals surface area contributed by atoms with Crippen LogP contribution in [0, 0.1) is 0 Å². The first-order valence-electron chi connectivity index (χ1n) is 11.4. The fourth-order valence-electron chi connectivity index (χ4n) is 4.03. The molecule has 0 unspecified atom stereocenters. The van der Waals surface area contributed by atoms with Crippen molar-refractivity contribution < 1.29 is 24.1 Å². The molecular formula is C26H34N2O5S. The number of carbonyl (C=O) groups excluding carboxylic acids is 1. The zero-order chi connectivity index (χ0) is 24.3. The molecule has 0 spiro atoms. The number of fused-ring (bicyclic) bond motifs is 1. The molecule has 1 aliphatic rings. The third kappa shape index (κ3) is 7.17. The van der Waals surface area contributed by atoms with Crippen molar-refractivity contribution in [1.82, 2.24) is 9.80 Å². The number of benzene rings is 1. The van der Waals surface area contributed by atoms with Crippen LogP contribution in [-0.2, 0) is 16.0 Å². The van der Waals surface area contributed by atoms with Gasteiger partial charge in [-0.15, -0.1) is 24.5 Å². The predicted molar refractivity (Wildman–Crippen MR) is 135 cm³/mol. The van der Waals surface area contributed by atoms with E-state index in [-0.39, 0.29) is 25.1 Å². The maximum absolute atomic E-state index is 13.4. The van der Waals surface area contributed by atoms with Crippen LogP contribution in [0.1, 0.15) is 16.5 Å². The lowest BCUT2D eigenvalue weighted by Gasteiger charge is -2.37. The van der Waals surface area contributed by atoms with Gasteiger partial charge in [-0.3, -0.25) is 9.69 Å². The monoisotopic (exact) mass is 486 g/mol. The van der Waals surface area contributed by atoms with Crippen molar-refractivity contribution in [2.75, 3.05) is 53.1 Å². The Morgan fingerprint density at radius 3 is 2.74 bits per heavy atom. The number of methoxy groups -OCH3 is 1. The highest BCUT2D eigenvalue weighted by Gasteiger charge is 2.33. The highest BCUT2D eigenvalue weighted by molar-refractivity contribution is 7.10. The SMILES string of the molecule is C=CCOC[C@@H](O)CN(CC=C)CC(=O)N1CCc2sccc2[C@H]1COc1ccc(OC)cc1. The van der Waals surface area contributed by atoms with E-state index in [9.17, 15) is 9.90 Å². The van der Waals surface area contributed by atoms with Crippen molar-refractivity contribution in [1.29, 1.82) is 0 Å². The second kappa shape index (κ2) is 13.3. The Morgan fingerprint density at radius 1 is 1.26 bits per heavy atom. The Labute approximate surface area is 205 Å². The fraction of sp³-hybridized carbons (Fsp3) is 0.423. The summed E-state index contributed by atoms with van der Waals surface area (Å²) in [6.07, 6.45) is 3.51. The summed E-state index contributed by atoms with van der Waals surface area (Å²) in [5.41, 5.74) is 1.14. The van der Waals surface area contributed by atoms with E-state index >= 15 is 0 Å². The van der Waals surface area contributed by atoms with Crippen molar-refractivity contribution in [3.63, 3.8) is 0 Å². The molecule has 0 saturated carbocycles. The molecule has 2 heterocycles. The lowest BCUT2D eigenvalue weighted by Crippen LogP contribution is -2.48. The molecule has 3 rings (SSSR count). The molecule has 0 radical (unpaired) electrons. The lowest BCUT2D eigenvalue weighted by atomic mass is 10.0. The molecule has 0 saturated heterocycles. The first-order valence-corrected chi connectivity index (χ1v) is 12.3. The number of hydrogen-bond donors (Lipinski definition) is 1. The normalized spacial score (nSPS) is 16.1. The zero-order valence-electron chi connectivity index (χ0n) is 19.7. The van der Waals surface area contributed by atoms with Crippen molar-refractivity contribution in [2.45, 2.75) is 18.6 Å². The largest absolute Gasteiger partial charge is 0.497 e. The number of ether oxygens (including phenoxy) is 3. The third-order valence-corrected chi connectivity index (χ3v) is 6.64. The van der Waals surface area contributed by atoms with Crippen LogP contribution in [0.25, 0.3) is 0 Å². The lowest BCUT2D eigenvalue weighted by molar-refractivity contribution is -0.136. The molecule has 0 fully saturated rings. The molecule has 8 heteroatoms. The number of hydrogen-bond acceptors (Lipinski definition) is 7. The van der Waals surface area contributed by atoms with Gasteiger partial charge in [0.1, 0.15) is 18.1 Å². The molecule has 1 amide bonds. The number of carbonyl (C=O) groups is 1. The standard InChI is InChI=1S/C26H34N2O5S/c1-4-12-27(16-20(29)18-32-14-5-2)17-26(30)28-13-10-25-23(11-15-34-25)24(28)19-33-22-8-6-21(31-3)7-9-22/h4-9,11,15,20,24,29H,1-2,10,12-14,16-19H2,3H3/t20-,24+/m0/s1. The van der Waals surface area contributed by atoms with Crippen LogP contribution in [-0.4, -0.2) is 80.0 Å². The van der Waals surface area contributed by atoms with E-state index in [0.717, 1.165) is 23.5 Å². The quantitative estimate of drug-likeness (QED) is 0.326. The molecule has 0 bridgehead atoms. The van der Waals surface area contributed by atoms with E-state index in [1.807, 2.05) is 34.1 Å². The minimum absolute atomic E-state index is 0.00115. The van der Waals surface area contributed by atoms with E-state index < -0.39 is 6.10 Å². The number of aliphatic hydroxyl groups excluding tert-OH is 1. The average molecular weight is 487 g/mol. The maximum atomic E-state index is 13.4. The number of thiophene rings is 1. The summed E-state index contributed by atoms with van der Waals surface area (Å²) in [5, 5.41) is 12.4. The van der Waals surface area contributed by atoms with Crippen LogP contribution in [0.15, 0.2) is 61.0 Å². The molecule has 1 aromatic heterocycles. The van der Waals surface area contributed by atoms with Crippen LogP contribution in [0.2, 0.25) is 0 Å². The van der Waals surface area contributed by atoms with Gasteiger partial charge in [0.15, 0.2) is 0 Å². The van der Waals surface area contributed by atoms with Crippen LogP contribution < -0.4 is 9.47 Å². The minimum atomic E-state index is -0.702. The molecular weight excluding hydrogens is 452 g/mol. The fourth-order valence-corrected chi connectivity index (χ4v) is 4.96. The van der Waals surface area contributed by atoms with E-state index in [0.29, 0.717) is 32.8 Å². The van der Waals surface area contributed by atoms with Crippen molar-refractivity contribution in [2.24, 2.45) is 0 Å². The summed E-state index contributed by atoms with van der Waals surface area (Å²) in [6.45, 7) is 9.96. The molecule has 2 aromatic rings. The second-order valence-electron chi connectivity index (χ2n) is 8.10. The van der Waals surface area contributed by atoms with E-state index in [2.05, 4.69) is 24.6 Å². The Hall–Kier alpha value is -2.65. The highest BCUT2D eigenvalue weighted by Crippen LogP contribution is 2.34. The van der Waals surface area contributed by atoms with Gasteiger partial charge in [-0.1, -0.05) is 12.2 Å². The number of nitrogens with zero attached hydrogens (tertiary/aromatic N) is 2. The zero-order valence-corrected chi connectivity index (χ0v) is 20.5. The Kier molecular flexibility index (Phi) is 10.2. The van der Waals surface area contributed by atoms with E-state index in [4.69, 9.17) is 14.2 Å². The summed E-state index contributed by atoms with van der Waals surface area (Å²) in [4.78, 5) is 18.5. The summed E-state index contributed by atoms with van der Waals surface area (Å²) < 4.78 is 16.6. The molecule has 2 atom stereocenters. The van der Waals surface area contributed by atoms with Gasteiger partial charge in [0.2, 0.25) is 5.91 Å². The van der Waals surface area contributed by atoms with Gasteiger partial charge >= 0.3 is 0 Å². The topological polar surface area (TPSA) is 71.5 Å². The van der Waals surface area contributed by atoms with Crippen LogP contribution in [0.4, 0.5) is 0 Å². The van der Waals surface area contributed by atoms with Gasteiger partial charge in [-0.05, 0) is 47.7 Å². The molecule has 1 aromatic carbocycles. The highest BCUT2D eigenvalue weighted by atomic mass is 32.1. The summed E-state index contributed by atoms with van der Waals surface area (Å²) in [6, 6.07) is 9.35. The van der Waals surface area contributed by atoms with Gasteiger partial charge in [-0.25, -0.2) is 0 Å². The van der Waals surface area contributed by atoms with Crippen LogP contribution in [0.5, 0.6) is 11.5 Å². The molecule has 1 aliphatic heterocycles. The summed E-state index contributed by atoms with van der Waals surface area (Å²) in [7, 11) is 1.63. The molecule has 0 aliphatic carbocycles. The van der Waals surface area contributed by atoms with Gasteiger partial charge in [-0.2, -0.15) is 0 Å².